The summed E-state index contributed by atoms with van der Waals surface area (Å²) in [6.45, 7) is 0. The van der Waals surface area contributed by atoms with Crippen molar-refractivity contribution in [1.29, 1.82) is 10.8 Å². The zero-order valence-electron chi connectivity index (χ0n) is 3.91. The molecule has 0 aliphatic carbocycles. The number of allylic oxidation sites excluding steroid dienone is 2. The van der Waals surface area contributed by atoms with E-state index in [1.165, 1.54) is 12.2 Å². The molecule has 0 spiro atoms. The predicted octanol–water partition coefficient (Wildman–Crippen LogP) is 1.97. The van der Waals surface area contributed by atoms with Gasteiger partial charge in [-0.2, -0.15) is 0 Å². The molecule has 8 heavy (non-hydrogen) atoms. The van der Waals surface area contributed by atoms with Gasteiger partial charge in [0.2, 0.25) is 0 Å². The molecule has 0 saturated carbocycles. The normalized spacial score (nSPS) is 9.75. The molecule has 0 atom stereocenters. The lowest BCUT2D eigenvalue weighted by atomic mass is 10.5. The van der Waals surface area contributed by atoms with E-state index in [1.54, 1.807) is 0 Å². The van der Waals surface area contributed by atoms with Gasteiger partial charge < -0.3 is 0 Å². The Hall–Kier alpha value is -0.340. The van der Waals surface area contributed by atoms with Gasteiger partial charge in [-0.05, 0) is 12.2 Å². The second-order valence-corrected chi connectivity index (χ2v) is 1.84. The summed E-state index contributed by atoms with van der Waals surface area (Å²) in [7, 11) is 0. The lowest BCUT2D eigenvalue weighted by molar-refractivity contribution is 1.55. The topological polar surface area (TPSA) is 47.7 Å². The number of rotatable bonds is 2. The Balaban J connectivity index is 3.67. The van der Waals surface area contributed by atoms with Gasteiger partial charge in [-0.3, -0.25) is 10.8 Å². The van der Waals surface area contributed by atoms with Gasteiger partial charge in [0.15, 0.2) is 0 Å². The van der Waals surface area contributed by atoms with Gasteiger partial charge in [0.1, 0.15) is 10.3 Å². The summed E-state index contributed by atoms with van der Waals surface area (Å²) in [5, 5.41) is 13.0. The zero-order chi connectivity index (χ0) is 6.57. The third-order valence-electron chi connectivity index (χ3n) is 0.376. The van der Waals surface area contributed by atoms with Crippen LogP contribution in [0.3, 0.4) is 0 Å². The highest BCUT2D eigenvalue weighted by molar-refractivity contribution is 6.70. The van der Waals surface area contributed by atoms with E-state index in [0.717, 1.165) is 0 Å². The fraction of sp³-hybridized carbons (Fsp3) is 0. The van der Waals surface area contributed by atoms with Gasteiger partial charge in [-0.25, -0.2) is 0 Å². The van der Waals surface area contributed by atoms with Crippen molar-refractivity contribution in [1.82, 2.24) is 0 Å². The number of nitrogens with one attached hydrogen (secondary N) is 2. The summed E-state index contributed by atoms with van der Waals surface area (Å²) in [4.78, 5) is 0. The Labute approximate surface area is 57.1 Å². The van der Waals surface area contributed by atoms with Gasteiger partial charge in [0, 0.05) is 0 Å². The SMILES string of the molecule is N=C(Cl)C=CC(=N)Cl. The molecule has 0 amide bonds. The molecular weight excluding hydrogens is 147 g/mol. The van der Waals surface area contributed by atoms with Crippen LogP contribution in [0.15, 0.2) is 12.2 Å². The van der Waals surface area contributed by atoms with Crippen LogP contribution in [0.4, 0.5) is 0 Å². The van der Waals surface area contributed by atoms with Crippen molar-refractivity contribution in [3.8, 4) is 0 Å². The van der Waals surface area contributed by atoms with E-state index in [4.69, 9.17) is 34.0 Å². The van der Waals surface area contributed by atoms with Gasteiger partial charge >= 0.3 is 0 Å². The van der Waals surface area contributed by atoms with Crippen LogP contribution in [0.25, 0.3) is 0 Å². The van der Waals surface area contributed by atoms with Crippen LogP contribution >= 0.6 is 23.2 Å². The molecule has 44 valence electrons. The first-order valence-electron chi connectivity index (χ1n) is 1.79. The summed E-state index contributed by atoms with van der Waals surface area (Å²) < 4.78 is 0. The van der Waals surface area contributed by atoms with Crippen LogP contribution in [-0.2, 0) is 0 Å². The predicted molar refractivity (Wildman–Crippen MR) is 36.3 cm³/mol. The Morgan fingerprint density at radius 3 is 1.38 bits per heavy atom. The molecule has 0 saturated heterocycles. The van der Waals surface area contributed by atoms with Crippen molar-refractivity contribution >= 4 is 33.5 Å². The van der Waals surface area contributed by atoms with Crippen LogP contribution in [0.2, 0.25) is 0 Å². The summed E-state index contributed by atoms with van der Waals surface area (Å²) in [6.07, 6.45) is 2.47. The van der Waals surface area contributed by atoms with E-state index >= 15 is 0 Å². The molecule has 0 rings (SSSR count). The van der Waals surface area contributed by atoms with Crippen molar-refractivity contribution in [2.75, 3.05) is 0 Å². The van der Waals surface area contributed by atoms with Crippen molar-refractivity contribution < 1.29 is 0 Å². The molecule has 0 fully saturated rings. The minimum Gasteiger partial charge on any atom is -0.289 e. The van der Waals surface area contributed by atoms with Gasteiger partial charge in [0.05, 0.1) is 0 Å². The van der Waals surface area contributed by atoms with Crippen LogP contribution in [-0.4, -0.2) is 10.3 Å². The molecule has 2 nitrogen and oxygen atoms in total. The smallest absolute Gasteiger partial charge is 0.120 e. The molecule has 0 aromatic carbocycles. The summed E-state index contributed by atoms with van der Waals surface area (Å²) in [6, 6.07) is 0. The van der Waals surface area contributed by atoms with Gasteiger partial charge in [-0.1, -0.05) is 23.2 Å². The standard InChI is InChI=1S/C4H4Cl2N2/c5-3(7)1-2-4(6)8/h1-2,7-8H. The summed E-state index contributed by atoms with van der Waals surface area (Å²) in [5.74, 6) is 0. The quantitative estimate of drug-likeness (QED) is 0.567. The van der Waals surface area contributed by atoms with Gasteiger partial charge in [-0.15, -0.1) is 0 Å². The highest BCUT2D eigenvalue weighted by Crippen LogP contribution is 1.86. The first-order chi connectivity index (χ1) is 3.63. The van der Waals surface area contributed by atoms with E-state index in [-0.39, 0.29) is 10.3 Å². The Bertz CT molecular complexity index is 123. The Morgan fingerprint density at radius 1 is 1.00 bits per heavy atom. The molecule has 0 heterocycles. The van der Waals surface area contributed by atoms with E-state index in [2.05, 4.69) is 0 Å². The molecule has 0 unspecified atom stereocenters. The van der Waals surface area contributed by atoms with E-state index < -0.39 is 0 Å². The Kier molecular flexibility index (Phi) is 3.48. The fourth-order valence-electron chi connectivity index (χ4n) is 0.146. The van der Waals surface area contributed by atoms with E-state index in [0.29, 0.717) is 0 Å². The molecule has 0 aromatic rings. The van der Waals surface area contributed by atoms with E-state index in [1.807, 2.05) is 0 Å². The molecule has 0 radical (unpaired) electrons. The largest absolute Gasteiger partial charge is 0.289 e. The second kappa shape index (κ2) is 3.64. The maximum Gasteiger partial charge on any atom is 0.120 e. The molecule has 4 heteroatoms. The summed E-state index contributed by atoms with van der Waals surface area (Å²) >= 11 is 10.1. The first-order valence-corrected chi connectivity index (χ1v) is 2.54. The zero-order valence-corrected chi connectivity index (χ0v) is 5.42. The van der Waals surface area contributed by atoms with Crippen LogP contribution in [0.5, 0.6) is 0 Å². The molecule has 2 N–H and O–H groups in total. The average Bonchev–Trinajstić information content (AvgIpc) is 1.61. The third-order valence-corrected chi connectivity index (χ3v) is 0.628. The molecular formula is C4H4Cl2N2. The van der Waals surface area contributed by atoms with Crippen molar-refractivity contribution in [3.05, 3.63) is 12.2 Å². The van der Waals surface area contributed by atoms with Crippen LogP contribution in [0.1, 0.15) is 0 Å². The van der Waals surface area contributed by atoms with Crippen molar-refractivity contribution in [2.24, 2.45) is 0 Å². The van der Waals surface area contributed by atoms with Crippen molar-refractivity contribution in [3.63, 3.8) is 0 Å². The lowest BCUT2D eigenvalue weighted by Crippen LogP contribution is -1.77. The number of hydrogen-bond acceptors (Lipinski definition) is 2. The maximum atomic E-state index is 6.61. The minimum atomic E-state index is -0.129. The van der Waals surface area contributed by atoms with E-state index in [9.17, 15) is 0 Å². The number of halogens is 2. The monoisotopic (exact) mass is 150 g/mol. The fourth-order valence-corrected chi connectivity index (χ4v) is 0.272. The third kappa shape index (κ3) is 5.66. The van der Waals surface area contributed by atoms with Crippen molar-refractivity contribution in [2.45, 2.75) is 0 Å². The average molecular weight is 151 g/mol. The maximum absolute atomic E-state index is 6.61. The highest BCUT2D eigenvalue weighted by Gasteiger charge is 1.80. The second-order valence-electron chi connectivity index (χ2n) is 1.03. The van der Waals surface area contributed by atoms with Gasteiger partial charge in [0.25, 0.3) is 0 Å². The molecule has 0 aliphatic heterocycles. The number of hydrogen-bond donors (Lipinski definition) is 2. The Morgan fingerprint density at radius 2 is 1.25 bits per heavy atom. The van der Waals surface area contributed by atoms with Crippen LogP contribution in [0, 0.1) is 10.8 Å². The summed E-state index contributed by atoms with van der Waals surface area (Å²) in [5.41, 5.74) is 0. The molecule has 0 bridgehead atoms. The highest BCUT2D eigenvalue weighted by atomic mass is 35.5. The van der Waals surface area contributed by atoms with Crippen LogP contribution < -0.4 is 0 Å². The molecule has 0 aromatic heterocycles. The minimum absolute atomic E-state index is 0.129. The molecule has 0 aliphatic rings. The first kappa shape index (κ1) is 7.66. The lowest BCUT2D eigenvalue weighted by Gasteiger charge is -1.77.